The number of nitrogens with one attached hydrogen (secondary N) is 1. The van der Waals surface area contributed by atoms with Crippen LogP contribution in [0.2, 0.25) is 5.02 Å². The van der Waals surface area contributed by atoms with Gasteiger partial charge in [0.05, 0.1) is 10.6 Å². The molecule has 27 heavy (non-hydrogen) atoms. The molecule has 1 aliphatic rings. The lowest BCUT2D eigenvalue weighted by molar-refractivity contribution is 0.0450. The molecule has 2 aromatic rings. The fraction of sp³-hybridized carbons (Fsp3) is 0.316. The molecule has 0 amide bonds. The third-order valence-corrected chi connectivity index (χ3v) is 5.93. The Labute approximate surface area is 163 Å². The van der Waals surface area contributed by atoms with Crippen LogP contribution in [0, 0.1) is 6.92 Å². The fourth-order valence-electron chi connectivity index (χ4n) is 2.40. The fourth-order valence-corrected chi connectivity index (χ4v) is 4.23. The Hall–Kier alpha value is -2.09. The summed E-state index contributed by atoms with van der Waals surface area (Å²) in [6, 6.07) is 11.5. The predicted molar refractivity (Wildman–Crippen MR) is 102 cm³/mol. The van der Waals surface area contributed by atoms with Crippen LogP contribution in [0.5, 0.6) is 5.75 Å². The largest absolute Gasteiger partial charge is 0.490 e. The first kappa shape index (κ1) is 19.7. The Balaban J connectivity index is 1.58. The Bertz CT molecular complexity index is 941. The molecule has 0 heterocycles. The van der Waals surface area contributed by atoms with E-state index >= 15 is 0 Å². The molecular formula is C19H20ClNO5S. The van der Waals surface area contributed by atoms with Crippen LogP contribution >= 0.6 is 11.6 Å². The van der Waals surface area contributed by atoms with Crippen LogP contribution in [-0.4, -0.2) is 33.6 Å². The van der Waals surface area contributed by atoms with E-state index in [9.17, 15) is 13.2 Å². The summed E-state index contributed by atoms with van der Waals surface area (Å²) in [7, 11) is -3.76. The summed E-state index contributed by atoms with van der Waals surface area (Å²) in [6.45, 7) is 2.19. The molecule has 0 aromatic heterocycles. The molecule has 1 aliphatic carbocycles. The van der Waals surface area contributed by atoms with Crippen molar-refractivity contribution in [1.82, 2.24) is 4.72 Å². The molecule has 1 N–H and O–H groups in total. The highest BCUT2D eigenvalue weighted by Crippen LogP contribution is 2.27. The van der Waals surface area contributed by atoms with Crippen molar-refractivity contribution in [2.75, 3.05) is 13.2 Å². The monoisotopic (exact) mass is 409 g/mol. The molecule has 0 spiro atoms. The van der Waals surface area contributed by atoms with Gasteiger partial charge in [-0.1, -0.05) is 23.7 Å². The van der Waals surface area contributed by atoms with Crippen molar-refractivity contribution in [2.24, 2.45) is 0 Å². The Morgan fingerprint density at radius 3 is 2.67 bits per heavy atom. The molecule has 144 valence electrons. The minimum atomic E-state index is -3.76. The first-order valence-electron chi connectivity index (χ1n) is 8.53. The van der Waals surface area contributed by atoms with E-state index in [-0.39, 0.29) is 34.7 Å². The summed E-state index contributed by atoms with van der Waals surface area (Å²) in [5, 5.41) is 0.0579. The maximum atomic E-state index is 12.4. The van der Waals surface area contributed by atoms with E-state index < -0.39 is 16.0 Å². The molecule has 0 bridgehead atoms. The maximum Gasteiger partial charge on any atom is 0.338 e. The third-order valence-electron chi connectivity index (χ3n) is 3.93. The molecule has 6 nitrogen and oxygen atoms in total. The van der Waals surface area contributed by atoms with Crippen molar-refractivity contribution < 1.29 is 22.7 Å². The van der Waals surface area contributed by atoms with E-state index in [1.54, 1.807) is 0 Å². The topological polar surface area (TPSA) is 81.7 Å². The molecule has 1 saturated carbocycles. The number of benzene rings is 2. The SMILES string of the molecule is Cc1cccc(OCCOC(=O)c2ccc(Cl)c(S(=O)(=O)NC3CC3)c2)c1. The quantitative estimate of drug-likeness (QED) is 0.534. The van der Waals surface area contributed by atoms with Crippen molar-refractivity contribution >= 4 is 27.6 Å². The normalized spacial score (nSPS) is 14.0. The van der Waals surface area contributed by atoms with Crippen molar-refractivity contribution in [3.63, 3.8) is 0 Å². The predicted octanol–water partition coefficient (Wildman–Crippen LogP) is 3.32. The summed E-state index contributed by atoms with van der Waals surface area (Å²) < 4.78 is 37.9. The van der Waals surface area contributed by atoms with Gasteiger partial charge in [0.15, 0.2) is 0 Å². The minimum absolute atomic E-state index is 0.0395. The third kappa shape index (κ3) is 5.45. The zero-order valence-electron chi connectivity index (χ0n) is 14.8. The number of hydrogen-bond donors (Lipinski definition) is 1. The zero-order chi connectivity index (χ0) is 19.4. The number of rotatable bonds is 8. The van der Waals surface area contributed by atoms with Gasteiger partial charge in [0.1, 0.15) is 23.9 Å². The van der Waals surface area contributed by atoms with Gasteiger partial charge in [-0.15, -0.1) is 0 Å². The van der Waals surface area contributed by atoms with Gasteiger partial charge in [0.25, 0.3) is 0 Å². The molecular weight excluding hydrogens is 390 g/mol. The number of esters is 1. The smallest absolute Gasteiger partial charge is 0.338 e. The lowest BCUT2D eigenvalue weighted by Crippen LogP contribution is -2.26. The van der Waals surface area contributed by atoms with Crippen LogP contribution in [0.3, 0.4) is 0 Å². The first-order chi connectivity index (χ1) is 12.8. The second kappa shape index (κ2) is 8.29. The Morgan fingerprint density at radius 1 is 1.19 bits per heavy atom. The molecule has 0 atom stereocenters. The number of carbonyl (C=O) groups excluding carboxylic acids is 1. The van der Waals surface area contributed by atoms with Crippen LogP contribution < -0.4 is 9.46 Å². The molecule has 2 aromatic carbocycles. The molecule has 0 radical (unpaired) electrons. The summed E-state index contributed by atoms with van der Waals surface area (Å²) in [5.41, 5.74) is 1.19. The number of aryl methyl sites for hydroxylation is 1. The van der Waals surface area contributed by atoms with E-state index in [0.717, 1.165) is 18.4 Å². The average molecular weight is 410 g/mol. The highest BCUT2D eigenvalue weighted by atomic mass is 35.5. The summed E-state index contributed by atoms with van der Waals surface area (Å²) in [6.07, 6.45) is 1.61. The Morgan fingerprint density at radius 2 is 1.96 bits per heavy atom. The number of sulfonamides is 1. The zero-order valence-corrected chi connectivity index (χ0v) is 16.3. The summed E-state index contributed by atoms with van der Waals surface area (Å²) in [4.78, 5) is 12.1. The standard InChI is InChI=1S/C19H20ClNO5S/c1-13-3-2-4-16(11-13)25-9-10-26-19(22)14-5-8-17(20)18(12-14)27(23,24)21-15-6-7-15/h2-5,8,11-12,15,21H,6-7,9-10H2,1H3. The van der Waals surface area contributed by atoms with Crippen molar-refractivity contribution in [3.05, 3.63) is 58.6 Å². The molecule has 0 aliphatic heterocycles. The maximum absolute atomic E-state index is 12.4. The second-order valence-corrected chi connectivity index (χ2v) is 8.43. The van der Waals surface area contributed by atoms with Crippen LogP contribution in [0.4, 0.5) is 0 Å². The number of carbonyl (C=O) groups is 1. The van der Waals surface area contributed by atoms with Crippen LogP contribution in [0.1, 0.15) is 28.8 Å². The van der Waals surface area contributed by atoms with Gasteiger partial charge in [0, 0.05) is 6.04 Å². The van der Waals surface area contributed by atoms with Gasteiger partial charge >= 0.3 is 5.97 Å². The summed E-state index contributed by atoms with van der Waals surface area (Å²) >= 11 is 6.01. The van der Waals surface area contributed by atoms with E-state index in [0.29, 0.717) is 5.75 Å². The lowest BCUT2D eigenvalue weighted by Gasteiger charge is -2.10. The molecule has 1 fully saturated rings. The lowest BCUT2D eigenvalue weighted by atomic mass is 10.2. The van der Waals surface area contributed by atoms with Gasteiger partial charge in [-0.2, -0.15) is 0 Å². The second-order valence-electron chi connectivity index (χ2n) is 6.34. The first-order valence-corrected chi connectivity index (χ1v) is 10.4. The summed E-state index contributed by atoms with van der Waals surface area (Å²) in [5.74, 6) is 0.0550. The number of hydrogen-bond acceptors (Lipinski definition) is 5. The van der Waals surface area contributed by atoms with Crippen molar-refractivity contribution in [2.45, 2.75) is 30.7 Å². The van der Waals surface area contributed by atoms with E-state index in [1.165, 1.54) is 18.2 Å². The highest BCUT2D eigenvalue weighted by Gasteiger charge is 2.29. The Kier molecular flexibility index (Phi) is 6.04. The van der Waals surface area contributed by atoms with Crippen LogP contribution in [0.15, 0.2) is 47.4 Å². The van der Waals surface area contributed by atoms with Gasteiger partial charge in [0.2, 0.25) is 10.0 Å². The highest BCUT2D eigenvalue weighted by molar-refractivity contribution is 7.89. The average Bonchev–Trinajstić information content (AvgIpc) is 3.42. The minimum Gasteiger partial charge on any atom is -0.490 e. The van der Waals surface area contributed by atoms with Gasteiger partial charge in [-0.3, -0.25) is 0 Å². The van der Waals surface area contributed by atoms with E-state index in [2.05, 4.69) is 4.72 Å². The van der Waals surface area contributed by atoms with E-state index in [1.807, 2.05) is 31.2 Å². The molecule has 0 unspecified atom stereocenters. The van der Waals surface area contributed by atoms with Gasteiger partial charge in [-0.25, -0.2) is 17.9 Å². The van der Waals surface area contributed by atoms with Crippen molar-refractivity contribution in [3.8, 4) is 5.75 Å². The van der Waals surface area contributed by atoms with Gasteiger partial charge < -0.3 is 9.47 Å². The number of ether oxygens (including phenoxy) is 2. The molecule has 3 rings (SSSR count). The van der Waals surface area contributed by atoms with Gasteiger partial charge in [-0.05, 0) is 55.7 Å². The molecule has 0 saturated heterocycles. The molecule has 8 heteroatoms. The van der Waals surface area contributed by atoms with Crippen molar-refractivity contribution in [1.29, 1.82) is 0 Å². The van der Waals surface area contributed by atoms with Crippen LogP contribution in [-0.2, 0) is 14.8 Å². The van der Waals surface area contributed by atoms with E-state index in [4.69, 9.17) is 21.1 Å². The van der Waals surface area contributed by atoms with Crippen LogP contribution in [0.25, 0.3) is 0 Å². The number of halogens is 1.